The van der Waals surface area contributed by atoms with Crippen LogP contribution in [0.5, 0.6) is 0 Å². The number of rotatable bonds is 11. The van der Waals surface area contributed by atoms with Crippen LogP contribution < -0.4 is 16.4 Å². The Bertz CT molecular complexity index is 2230. The van der Waals surface area contributed by atoms with Gasteiger partial charge in [-0.3, -0.25) is 29.7 Å². The van der Waals surface area contributed by atoms with E-state index < -0.39 is 36.0 Å². The van der Waals surface area contributed by atoms with Crippen molar-refractivity contribution in [2.45, 2.75) is 128 Å². The number of sulfonamides is 2. The minimum absolute atomic E-state index is 0. The van der Waals surface area contributed by atoms with E-state index in [0.717, 1.165) is 55.8 Å². The second kappa shape index (κ2) is 25.1. The number of amides is 2. The molecular formula is C46H71N8O9PdS2-. The molecule has 4 aliphatic heterocycles. The van der Waals surface area contributed by atoms with Crippen molar-refractivity contribution in [2.75, 3.05) is 50.0 Å². The Kier molecular flexibility index (Phi) is 21.6. The summed E-state index contributed by atoms with van der Waals surface area (Å²) < 4.78 is 54.2. The van der Waals surface area contributed by atoms with Crippen LogP contribution in [0.25, 0.3) is 0 Å². The molecule has 372 valence electrons. The average Bonchev–Trinajstić information content (AvgIpc) is 3.78. The number of non-ortho nitro benzene ring substituents is 1. The number of anilines is 1. The number of nitro groups is 1. The van der Waals surface area contributed by atoms with Crippen molar-refractivity contribution in [1.82, 2.24) is 19.2 Å². The Hall–Kier alpha value is -3.64. The van der Waals surface area contributed by atoms with Crippen LogP contribution in [0.1, 0.15) is 115 Å². The van der Waals surface area contributed by atoms with E-state index in [1.165, 1.54) is 46.4 Å². The maximum Gasteiger partial charge on any atom is 0.269 e. The van der Waals surface area contributed by atoms with Crippen LogP contribution in [0.4, 0.5) is 11.4 Å². The summed E-state index contributed by atoms with van der Waals surface area (Å²) in [6, 6.07) is 13.4. The smallest absolute Gasteiger partial charge is 0.269 e. The number of benzene rings is 2. The van der Waals surface area contributed by atoms with E-state index in [9.17, 15) is 36.5 Å². The fraction of sp³-hybridized carbons (Fsp3) is 0.630. The number of hydrogen-bond donors (Lipinski definition) is 4. The number of aryl methyl sites for hydroxylation is 2. The number of carbonyl (C=O) groups is 2. The zero-order valence-corrected chi connectivity index (χ0v) is 40.9. The van der Waals surface area contributed by atoms with E-state index in [1.807, 2.05) is 18.2 Å². The van der Waals surface area contributed by atoms with Gasteiger partial charge in [0.2, 0.25) is 20.0 Å². The van der Waals surface area contributed by atoms with Crippen molar-refractivity contribution in [2.24, 2.45) is 21.8 Å². The van der Waals surface area contributed by atoms with Gasteiger partial charge in [0.15, 0.2) is 0 Å². The summed E-state index contributed by atoms with van der Waals surface area (Å²) >= 11 is 0. The molecule has 20 heteroatoms. The molecule has 2 saturated carbocycles. The molecule has 17 nitrogen and oxygen atoms in total. The van der Waals surface area contributed by atoms with Crippen LogP contribution in [0, 0.1) is 29.4 Å². The number of nitrogen functional groups attached to an aromatic ring is 1. The van der Waals surface area contributed by atoms with E-state index in [4.69, 9.17) is 20.8 Å². The molecule has 0 aromatic heterocycles. The van der Waals surface area contributed by atoms with Gasteiger partial charge in [-0.25, -0.2) is 25.4 Å². The van der Waals surface area contributed by atoms with Crippen molar-refractivity contribution >= 4 is 54.9 Å². The summed E-state index contributed by atoms with van der Waals surface area (Å²) in [4.78, 5) is 45.4. The predicted molar refractivity (Wildman–Crippen MR) is 256 cm³/mol. The minimum Gasteiger partial charge on any atom is -0.399 e. The van der Waals surface area contributed by atoms with Gasteiger partial charge in [0, 0.05) is 82.9 Å². The number of nitrogens with zero attached hydrogens (tertiary/aromatic N) is 5. The van der Waals surface area contributed by atoms with Gasteiger partial charge in [0.25, 0.3) is 17.5 Å². The van der Waals surface area contributed by atoms with E-state index >= 15 is 0 Å². The number of nitro benzene ring substituents is 1. The van der Waals surface area contributed by atoms with Crippen LogP contribution in [0.2, 0.25) is 0 Å². The van der Waals surface area contributed by atoms with Crippen molar-refractivity contribution in [3.8, 4) is 0 Å². The summed E-state index contributed by atoms with van der Waals surface area (Å²) in [6.07, 6.45) is 13.7. The molecule has 0 atom stereocenters. The normalized spacial score (nSPS) is 20.9. The predicted octanol–water partition coefficient (Wildman–Crippen LogP) is 5.58. The standard InChI is InChI=1S/C21H28N4O5S.C21H30N4O3S.C2H6O.CH4.CH3.Pd/c26-20-21(23-19(22-20)17-6-2-1-3-7-17)10-12-24(13-11-21)31(29,30)14-9-16-5-4-8-18(15-16)25(27)28;22-18-8-4-5-16(15-18)9-14-29(27,28)25-12-10-21(11-13-25)20(26)23-19(24-21)17-6-2-1-3-7-17;1-2-3;;;/h4-5,8,15,17H,1-3,6-7,9-14H2,(H,22,23,26);4-5,8,15,17H,1-3,6-7,9-14,22H2,(H,23,24,26);3H,2H2,1H3;1H4;1H3;/q;;;;-1;. The zero-order chi connectivity index (χ0) is 45.3. The number of aliphatic hydroxyl groups excluding tert-OH is 1. The van der Waals surface area contributed by atoms with Gasteiger partial charge < -0.3 is 28.9 Å². The molecule has 2 aromatic rings. The Morgan fingerprint density at radius 1 is 0.727 bits per heavy atom. The third-order valence-corrected chi connectivity index (χ3v) is 17.0. The molecule has 2 amide bonds. The molecule has 4 heterocycles. The van der Waals surface area contributed by atoms with Crippen molar-refractivity contribution in [1.29, 1.82) is 0 Å². The number of aliphatic imine (C=N–C) groups is 2. The molecule has 0 radical (unpaired) electrons. The molecule has 2 aromatic carbocycles. The fourth-order valence-electron chi connectivity index (χ4n) is 9.49. The van der Waals surface area contributed by atoms with Gasteiger partial charge in [0.05, 0.1) is 16.4 Å². The van der Waals surface area contributed by atoms with Gasteiger partial charge in [-0.15, -0.1) is 0 Å². The molecule has 2 aliphatic carbocycles. The van der Waals surface area contributed by atoms with E-state index in [1.54, 1.807) is 25.1 Å². The first kappa shape index (κ1) is 56.7. The molecule has 5 N–H and O–H groups in total. The Morgan fingerprint density at radius 3 is 1.48 bits per heavy atom. The monoisotopic (exact) mass is 1050 g/mol. The fourth-order valence-corrected chi connectivity index (χ4v) is 12.5. The first-order valence-corrected chi connectivity index (χ1v) is 25.8. The third-order valence-electron chi connectivity index (χ3n) is 13.2. The van der Waals surface area contributed by atoms with E-state index in [2.05, 4.69) is 10.6 Å². The summed E-state index contributed by atoms with van der Waals surface area (Å²) in [5.41, 5.74) is 6.29. The number of amidine groups is 2. The number of hydrogen-bond acceptors (Lipinski definition) is 12. The van der Waals surface area contributed by atoms with Crippen LogP contribution in [0.15, 0.2) is 58.5 Å². The first-order chi connectivity index (χ1) is 30.1. The summed E-state index contributed by atoms with van der Waals surface area (Å²) in [5.74, 6) is 2.09. The number of carbonyl (C=O) groups excluding carboxylic acids is 2. The van der Waals surface area contributed by atoms with Gasteiger partial charge in [-0.1, -0.05) is 70.2 Å². The number of nitrogens with two attached hydrogens (primary N) is 1. The van der Waals surface area contributed by atoms with Gasteiger partial charge in [0.1, 0.15) is 22.7 Å². The summed E-state index contributed by atoms with van der Waals surface area (Å²) in [6.45, 7) is 3.13. The Balaban J connectivity index is 0.000000318. The molecule has 6 aliphatic rings. The maximum atomic E-state index is 12.8. The quantitative estimate of drug-likeness (QED) is 0.0716. The van der Waals surface area contributed by atoms with E-state index in [-0.39, 0.29) is 90.4 Å². The largest absolute Gasteiger partial charge is 0.399 e. The average molecular weight is 1050 g/mol. The van der Waals surface area contributed by atoms with Gasteiger partial charge in [-0.05, 0) is 94.4 Å². The molecule has 66 heavy (non-hydrogen) atoms. The van der Waals surface area contributed by atoms with Crippen molar-refractivity contribution in [3.63, 3.8) is 0 Å². The van der Waals surface area contributed by atoms with Crippen molar-refractivity contribution in [3.05, 3.63) is 77.2 Å². The Labute approximate surface area is 406 Å². The second-order valence-corrected chi connectivity index (χ2v) is 21.7. The third kappa shape index (κ3) is 14.2. The molecule has 2 spiro atoms. The van der Waals surface area contributed by atoms with Crippen LogP contribution >= 0.6 is 0 Å². The number of nitrogens with one attached hydrogen (secondary N) is 2. The van der Waals surface area contributed by atoms with Crippen LogP contribution in [-0.4, -0.2) is 114 Å². The number of aliphatic hydroxyl groups is 1. The summed E-state index contributed by atoms with van der Waals surface area (Å²) in [5, 5.41) is 24.5. The maximum absolute atomic E-state index is 12.8. The number of piperidine rings is 2. The topological polar surface area (TPSA) is 247 Å². The first-order valence-electron chi connectivity index (χ1n) is 22.6. The molecule has 8 rings (SSSR count). The molecule has 4 fully saturated rings. The molecular weight excluding hydrogens is 979 g/mol. The second-order valence-electron chi connectivity index (χ2n) is 17.6. The molecule has 2 saturated heterocycles. The van der Waals surface area contributed by atoms with Crippen molar-refractivity contribution < 1.29 is 56.9 Å². The van der Waals surface area contributed by atoms with Crippen LogP contribution in [0.3, 0.4) is 0 Å². The van der Waals surface area contributed by atoms with Crippen LogP contribution in [-0.2, 0) is 62.9 Å². The zero-order valence-electron chi connectivity index (χ0n) is 37.7. The van der Waals surface area contributed by atoms with E-state index in [0.29, 0.717) is 68.3 Å². The Morgan fingerprint density at radius 2 is 1.11 bits per heavy atom. The molecule has 0 unspecified atom stereocenters. The summed E-state index contributed by atoms with van der Waals surface area (Å²) in [7, 11) is -6.91. The van der Waals surface area contributed by atoms with Gasteiger partial charge in [-0.2, -0.15) is 0 Å². The SMILES string of the molecule is C.CCO.Nc1cccc(CCS(=O)(=O)N2CCC3(CC2)N=C(C2CCCCC2)NC3=O)c1.O=C1NC(C2CCCCC2)=NC12CCN(S(=O)(=O)CCc1cccc([N+](=O)[O-])c1)CC2.[CH3-].[Pd]. The molecule has 0 bridgehead atoms. The minimum atomic E-state index is -3.53. The van der Waals surface area contributed by atoms with Gasteiger partial charge >= 0.3 is 0 Å².